The Morgan fingerprint density at radius 2 is 1.81 bits per heavy atom. The molecule has 26 heavy (non-hydrogen) atoms. The number of carbonyl (C=O) groups excluding carboxylic acids is 3. The van der Waals surface area contributed by atoms with Crippen LogP contribution in [-0.4, -0.2) is 38.0 Å². The van der Waals surface area contributed by atoms with Crippen LogP contribution in [0.2, 0.25) is 0 Å². The van der Waals surface area contributed by atoms with Gasteiger partial charge in [-0.25, -0.2) is 0 Å². The fraction of sp³-hybridized carbons (Fsp3) is 0.167. The van der Waals surface area contributed by atoms with E-state index >= 15 is 0 Å². The summed E-state index contributed by atoms with van der Waals surface area (Å²) in [4.78, 5) is 35.4. The summed E-state index contributed by atoms with van der Waals surface area (Å²) in [6, 6.07) is 13.5. The van der Waals surface area contributed by atoms with E-state index in [0.29, 0.717) is 17.0 Å². The molecule has 0 aliphatic heterocycles. The zero-order valence-corrected chi connectivity index (χ0v) is 15.5. The van der Waals surface area contributed by atoms with E-state index in [9.17, 15) is 14.4 Å². The van der Waals surface area contributed by atoms with Crippen LogP contribution in [0.3, 0.4) is 0 Å². The molecule has 0 saturated heterocycles. The van der Waals surface area contributed by atoms with Crippen molar-refractivity contribution in [1.29, 1.82) is 0 Å². The highest BCUT2D eigenvalue weighted by atomic mass is 79.9. The number of hydrogen-bond donors (Lipinski definition) is 2. The average Bonchev–Trinajstić information content (AvgIpc) is 2.66. The maximum atomic E-state index is 12.0. The maximum absolute atomic E-state index is 12.0. The van der Waals surface area contributed by atoms with Crippen molar-refractivity contribution < 1.29 is 23.9 Å². The van der Waals surface area contributed by atoms with Gasteiger partial charge in [0.25, 0.3) is 11.8 Å². The summed E-state index contributed by atoms with van der Waals surface area (Å²) in [7, 11) is 1.49. The highest BCUT2D eigenvalue weighted by Crippen LogP contribution is 2.14. The number of benzene rings is 2. The van der Waals surface area contributed by atoms with Crippen LogP contribution in [0.4, 0.5) is 5.69 Å². The van der Waals surface area contributed by atoms with Crippen molar-refractivity contribution in [3.05, 3.63) is 58.6 Å². The van der Waals surface area contributed by atoms with Crippen LogP contribution in [0.15, 0.2) is 53.0 Å². The van der Waals surface area contributed by atoms with Crippen LogP contribution >= 0.6 is 15.9 Å². The molecule has 0 spiro atoms. The molecular formula is C18H17BrN2O5. The van der Waals surface area contributed by atoms with Crippen molar-refractivity contribution in [2.24, 2.45) is 0 Å². The van der Waals surface area contributed by atoms with Gasteiger partial charge in [-0.2, -0.15) is 0 Å². The van der Waals surface area contributed by atoms with E-state index < -0.39 is 24.4 Å². The van der Waals surface area contributed by atoms with E-state index in [1.807, 2.05) is 0 Å². The number of rotatable bonds is 7. The molecule has 0 aromatic heterocycles. The molecule has 7 nitrogen and oxygen atoms in total. The minimum atomic E-state index is -0.716. The highest BCUT2D eigenvalue weighted by molar-refractivity contribution is 9.10. The molecule has 0 atom stereocenters. The third kappa shape index (κ3) is 6.21. The first-order chi connectivity index (χ1) is 12.5. The van der Waals surface area contributed by atoms with Gasteiger partial charge in [0.2, 0.25) is 0 Å². The van der Waals surface area contributed by atoms with Gasteiger partial charge < -0.3 is 20.1 Å². The first-order valence-electron chi connectivity index (χ1n) is 7.61. The van der Waals surface area contributed by atoms with E-state index in [1.54, 1.807) is 48.5 Å². The zero-order chi connectivity index (χ0) is 18.9. The van der Waals surface area contributed by atoms with Gasteiger partial charge in [0.1, 0.15) is 12.3 Å². The van der Waals surface area contributed by atoms with Crippen LogP contribution in [-0.2, 0) is 14.3 Å². The number of methoxy groups -OCH3 is 1. The summed E-state index contributed by atoms with van der Waals surface area (Å²) in [6.45, 7) is -0.786. The summed E-state index contributed by atoms with van der Waals surface area (Å²) < 4.78 is 10.7. The highest BCUT2D eigenvalue weighted by Gasteiger charge is 2.11. The molecule has 0 saturated carbocycles. The third-order valence-corrected chi connectivity index (χ3v) is 3.75. The molecular weight excluding hydrogens is 404 g/mol. The third-order valence-electron chi connectivity index (χ3n) is 3.22. The molecule has 2 aromatic rings. The number of ether oxygens (including phenoxy) is 2. The van der Waals surface area contributed by atoms with Gasteiger partial charge in [-0.3, -0.25) is 14.4 Å². The minimum absolute atomic E-state index is 0.346. The van der Waals surface area contributed by atoms with Gasteiger partial charge in [0, 0.05) is 15.7 Å². The largest absolute Gasteiger partial charge is 0.497 e. The lowest BCUT2D eigenvalue weighted by molar-refractivity contribution is -0.146. The molecule has 0 heterocycles. The number of anilines is 1. The normalized spacial score (nSPS) is 9.92. The fourth-order valence-corrected chi connectivity index (χ4v) is 2.21. The Labute approximate surface area is 158 Å². The lowest BCUT2D eigenvalue weighted by atomic mass is 10.2. The topological polar surface area (TPSA) is 93.7 Å². The van der Waals surface area contributed by atoms with Crippen molar-refractivity contribution in [3.63, 3.8) is 0 Å². The van der Waals surface area contributed by atoms with E-state index in [4.69, 9.17) is 9.47 Å². The van der Waals surface area contributed by atoms with Gasteiger partial charge in [-0.05, 0) is 42.5 Å². The van der Waals surface area contributed by atoms with E-state index in [0.717, 1.165) is 4.47 Å². The van der Waals surface area contributed by atoms with E-state index in [1.165, 1.54) is 7.11 Å². The van der Waals surface area contributed by atoms with Crippen LogP contribution in [0.1, 0.15) is 10.4 Å². The Morgan fingerprint density at radius 3 is 2.50 bits per heavy atom. The SMILES string of the molecule is COc1cccc(C(=O)NCC(=O)OCC(=O)Nc2ccc(Br)cc2)c1. The predicted octanol–water partition coefficient (Wildman–Crippen LogP) is 2.37. The van der Waals surface area contributed by atoms with Gasteiger partial charge in [0.05, 0.1) is 7.11 Å². The number of halogens is 1. The quantitative estimate of drug-likeness (QED) is 0.670. The summed E-state index contributed by atoms with van der Waals surface area (Å²) in [6.07, 6.45) is 0. The monoisotopic (exact) mass is 420 g/mol. The molecule has 2 amide bonds. The van der Waals surface area contributed by atoms with Crippen molar-refractivity contribution in [1.82, 2.24) is 5.32 Å². The average molecular weight is 421 g/mol. The number of nitrogens with one attached hydrogen (secondary N) is 2. The van der Waals surface area contributed by atoms with Gasteiger partial charge >= 0.3 is 5.97 Å². The second kappa shape index (κ2) is 9.57. The van der Waals surface area contributed by atoms with Crippen LogP contribution < -0.4 is 15.4 Å². The van der Waals surface area contributed by atoms with Crippen molar-refractivity contribution in [2.45, 2.75) is 0 Å². The lowest BCUT2D eigenvalue weighted by Crippen LogP contribution is -2.32. The minimum Gasteiger partial charge on any atom is -0.497 e. The molecule has 2 aromatic carbocycles. The molecule has 0 aliphatic rings. The maximum Gasteiger partial charge on any atom is 0.325 e. The second-order valence-electron chi connectivity index (χ2n) is 5.13. The fourth-order valence-electron chi connectivity index (χ4n) is 1.95. The van der Waals surface area contributed by atoms with Gasteiger partial charge in [-0.1, -0.05) is 22.0 Å². The molecule has 0 aliphatic carbocycles. The Morgan fingerprint density at radius 1 is 1.08 bits per heavy atom. The standard InChI is InChI=1S/C18H17BrN2O5/c1-25-15-4-2-3-12(9-15)18(24)20-10-17(23)26-11-16(22)21-14-7-5-13(19)6-8-14/h2-9H,10-11H2,1H3,(H,20,24)(H,21,22). The van der Waals surface area contributed by atoms with E-state index in [-0.39, 0.29) is 6.54 Å². The van der Waals surface area contributed by atoms with Crippen molar-refractivity contribution >= 4 is 39.4 Å². The smallest absolute Gasteiger partial charge is 0.325 e. The Hall–Kier alpha value is -2.87. The number of esters is 1. The first kappa shape index (κ1) is 19.5. The molecule has 0 bridgehead atoms. The molecule has 136 valence electrons. The Bertz CT molecular complexity index is 792. The molecule has 2 rings (SSSR count). The summed E-state index contributed by atoms with van der Waals surface area (Å²) in [5.41, 5.74) is 0.936. The number of hydrogen-bond acceptors (Lipinski definition) is 5. The zero-order valence-electron chi connectivity index (χ0n) is 14.0. The Balaban J connectivity index is 1.73. The summed E-state index contributed by atoms with van der Waals surface area (Å²) in [5.74, 6) is -1.10. The van der Waals surface area contributed by atoms with Gasteiger partial charge in [-0.15, -0.1) is 0 Å². The van der Waals surface area contributed by atoms with Gasteiger partial charge in [0.15, 0.2) is 6.61 Å². The number of amides is 2. The lowest BCUT2D eigenvalue weighted by Gasteiger charge is -2.08. The second-order valence-corrected chi connectivity index (χ2v) is 6.05. The van der Waals surface area contributed by atoms with Crippen molar-refractivity contribution in [3.8, 4) is 5.75 Å². The molecule has 2 N–H and O–H groups in total. The van der Waals surface area contributed by atoms with Crippen LogP contribution in [0.25, 0.3) is 0 Å². The first-order valence-corrected chi connectivity index (χ1v) is 8.40. The molecule has 0 radical (unpaired) electrons. The van der Waals surface area contributed by atoms with Crippen LogP contribution in [0.5, 0.6) is 5.75 Å². The predicted molar refractivity (Wildman–Crippen MR) is 99.1 cm³/mol. The number of carbonyl (C=O) groups is 3. The molecule has 8 heteroatoms. The van der Waals surface area contributed by atoms with Crippen LogP contribution in [0, 0.1) is 0 Å². The summed E-state index contributed by atoms with van der Waals surface area (Å²) in [5, 5.41) is 5.01. The van der Waals surface area contributed by atoms with Crippen molar-refractivity contribution in [2.75, 3.05) is 25.6 Å². The molecule has 0 fully saturated rings. The Kier molecular flexibility index (Phi) is 7.16. The summed E-state index contributed by atoms with van der Waals surface area (Å²) >= 11 is 3.29. The van der Waals surface area contributed by atoms with E-state index in [2.05, 4.69) is 26.6 Å². The molecule has 0 unspecified atom stereocenters.